The summed E-state index contributed by atoms with van der Waals surface area (Å²) < 4.78 is 37.2. The van der Waals surface area contributed by atoms with Crippen LogP contribution in [0.5, 0.6) is 0 Å². The second-order valence-corrected chi connectivity index (χ2v) is 2.82. The quantitative estimate of drug-likeness (QED) is 0.454. The monoisotopic (exact) mass is 231 g/mol. The molecule has 16 heavy (non-hydrogen) atoms. The van der Waals surface area contributed by atoms with Gasteiger partial charge < -0.3 is 5.73 Å². The Kier molecular flexibility index (Phi) is 2.72. The summed E-state index contributed by atoms with van der Waals surface area (Å²) in [6, 6.07) is 2.37. The topological polar surface area (TPSA) is 92.9 Å². The second-order valence-electron chi connectivity index (χ2n) is 2.82. The highest BCUT2D eigenvalue weighted by Crippen LogP contribution is 2.37. The number of nitrogen functional groups attached to an aromatic ring is 1. The van der Waals surface area contributed by atoms with E-state index in [2.05, 4.69) is 0 Å². The lowest BCUT2D eigenvalue weighted by Crippen LogP contribution is -2.11. The minimum atomic E-state index is -4.83. The minimum Gasteiger partial charge on any atom is -0.397 e. The third kappa shape index (κ3) is 2.03. The first-order valence-corrected chi connectivity index (χ1v) is 3.82. The van der Waals surface area contributed by atoms with Crippen LogP contribution < -0.4 is 5.73 Å². The molecule has 0 heterocycles. The average Bonchev–Trinajstić information content (AvgIpc) is 2.15. The van der Waals surface area contributed by atoms with Crippen LogP contribution in [0.25, 0.3) is 0 Å². The number of nitriles is 1. The van der Waals surface area contributed by atoms with Gasteiger partial charge in [0.05, 0.1) is 21.7 Å². The van der Waals surface area contributed by atoms with Crippen molar-refractivity contribution in [2.75, 3.05) is 5.73 Å². The Balaban J connectivity index is 3.56. The number of nitro groups is 1. The fourth-order valence-corrected chi connectivity index (χ4v) is 1.07. The third-order valence-electron chi connectivity index (χ3n) is 1.80. The maximum absolute atomic E-state index is 12.4. The molecule has 0 aromatic heterocycles. The zero-order valence-corrected chi connectivity index (χ0v) is 7.58. The van der Waals surface area contributed by atoms with Crippen LogP contribution in [0.1, 0.15) is 11.1 Å². The average molecular weight is 231 g/mol. The third-order valence-corrected chi connectivity index (χ3v) is 1.80. The summed E-state index contributed by atoms with van der Waals surface area (Å²) in [7, 11) is 0. The normalized spacial score (nSPS) is 10.9. The van der Waals surface area contributed by atoms with Crippen molar-refractivity contribution in [3.05, 3.63) is 33.4 Å². The first-order chi connectivity index (χ1) is 7.27. The molecule has 1 aromatic carbocycles. The number of nitrogens with two attached hydrogens (primary N) is 1. The number of nitrogens with zero attached hydrogens (tertiary/aromatic N) is 2. The zero-order chi connectivity index (χ0) is 12.5. The van der Waals surface area contributed by atoms with Crippen LogP contribution in [0.4, 0.5) is 24.5 Å². The van der Waals surface area contributed by atoms with Crippen LogP contribution in [0.3, 0.4) is 0 Å². The number of rotatable bonds is 1. The SMILES string of the molecule is N#Cc1cc([N+](=O)[O-])cc(C(F)(F)F)c1N. The van der Waals surface area contributed by atoms with Crippen molar-refractivity contribution in [3.63, 3.8) is 0 Å². The molecule has 0 spiro atoms. The van der Waals surface area contributed by atoms with Crippen LogP contribution in [-0.4, -0.2) is 4.92 Å². The molecular weight excluding hydrogens is 227 g/mol. The van der Waals surface area contributed by atoms with Crippen molar-refractivity contribution >= 4 is 11.4 Å². The molecule has 0 saturated carbocycles. The summed E-state index contributed by atoms with van der Waals surface area (Å²) in [5.74, 6) is 0. The summed E-state index contributed by atoms with van der Waals surface area (Å²) in [5, 5.41) is 18.8. The van der Waals surface area contributed by atoms with Crippen molar-refractivity contribution < 1.29 is 18.1 Å². The maximum Gasteiger partial charge on any atom is 0.418 e. The van der Waals surface area contributed by atoms with Crippen molar-refractivity contribution in [2.24, 2.45) is 0 Å². The van der Waals surface area contributed by atoms with E-state index < -0.39 is 33.6 Å². The van der Waals surface area contributed by atoms with Gasteiger partial charge in [0.15, 0.2) is 0 Å². The highest BCUT2D eigenvalue weighted by Gasteiger charge is 2.36. The van der Waals surface area contributed by atoms with E-state index in [1.54, 1.807) is 0 Å². The fraction of sp³-hybridized carbons (Fsp3) is 0.125. The Morgan fingerprint density at radius 3 is 2.38 bits per heavy atom. The summed E-state index contributed by atoms with van der Waals surface area (Å²) >= 11 is 0. The van der Waals surface area contributed by atoms with E-state index in [4.69, 9.17) is 11.0 Å². The van der Waals surface area contributed by atoms with E-state index in [9.17, 15) is 23.3 Å². The van der Waals surface area contributed by atoms with Crippen LogP contribution in [-0.2, 0) is 6.18 Å². The fourth-order valence-electron chi connectivity index (χ4n) is 1.07. The van der Waals surface area contributed by atoms with Crippen LogP contribution >= 0.6 is 0 Å². The molecule has 0 aliphatic heterocycles. The summed E-state index contributed by atoms with van der Waals surface area (Å²) in [6.07, 6.45) is -4.83. The molecule has 2 N–H and O–H groups in total. The Hall–Kier alpha value is -2.30. The number of hydrogen-bond acceptors (Lipinski definition) is 4. The molecule has 0 fully saturated rings. The van der Waals surface area contributed by atoms with Gasteiger partial charge in [-0.25, -0.2) is 0 Å². The molecule has 0 saturated heterocycles. The number of alkyl halides is 3. The minimum absolute atomic E-state index is 0.302. The number of halogens is 3. The summed E-state index contributed by atoms with van der Waals surface area (Å²) in [5.41, 5.74) is 1.51. The molecular formula is C8H4F3N3O2. The van der Waals surface area contributed by atoms with E-state index in [-0.39, 0.29) is 0 Å². The van der Waals surface area contributed by atoms with Crippen molar-refractivity contribution in [1.29, 1.82) is 5.26 Å². The molecule has 84 valence electrons. The van der Waals surface area contributed by atoms with Gasteiger partial charge in [-0.1, -0.05) is 0 Å². The summed E-state index contributed by atoms with van der Waals surface area (Å²) in [6.45, 7) is 0. The molecule has 1 rings (SSSR count). The molecule has 0 aliphatic carbocycles. The van der Waals surface area contributed by atoms with Crippen molar-refractivity contribution in [1.82, 2.24) is 0 Å². The van der Waals surface area contributed by atoms with Crippen LogP contribution in [0.15, 0.2) is 12.1 Å². The number of nitro benzene ring substituents is 1. The Morgan fingerprint density at radius 1 is 1.44 bits per heavy atom. The highest BCUT2D eigenvalue weighted by atomic mass is 19.4. The molecule has 8 heteroatoms. The van der Waals surface area contributed by atoms with Gasteiger partial charge in [-0.3, -0.25) is 10.1 Å². The first kappa shape index (κ1) is 11.8. The Morgan fingerprint density at radius 2 is 2.00 bits per heavy atom. The van der Waals surface area contributed by atoms with Crippen LogP contribution in [0.2, 0.25) is 0 Å². The molecule has 0 radical (unpaired) electrons. The number of hydrogen-bond donors (Lipinski definition) is 1. The van der Waals surface area contributed by atoms with Crippen molar-refractivity contribution in [3.8, 4) is 6.07 Å². The second kappa shape index (κ2) is 3.69. The predicted molar refractivity (Wildman–Crippen MR) is 47.2 cm³/mol. The largest absolute Gasteiger partial charge is 0.418 e. The van der Waals surface area contributed by atoms with Gasteiger partial charge >= 0.3 is 6.18 Å². The van der Waals surface area contributed by atoms with Gasteiger partial charge in [-0.2, -0.15) is 18.4 Å². The van der Waals surface area contributed by atoms with E-state index in [1.807, 2.05) is 0 Å². The molecule has 5 nitrogen and oxygen atoms in total. The standard InChI is InChI=1S/C8H4F3N3O2/c9-8(10,11)6-2-5(14(15)16)1-4(3-12)7(6)13/h1-2H,13H2. The van der Waals surface area contributed by atoms with Gasteiger partial charge in [-0.05, 0) is 0 Å². The number of anilines is 1. The smallest absolute Gasteiger partial charge is 0.397 e. The Labute approximate surface area is 87.0 Å². The van der Waals surface area contributed by atoms with E-state index in [0.29, 0.717) is 12.1 Å². The lowest BCUT2D eigenvalue weighted by atomic mass is 10.1. The molecule has 0 bridgehead atoms. The Bertz CT molecular complexity index is 491. The summed E-state index contributed by atoms with van der Waals surface area (Å²) in [4.78, 5) is 9.33. The number of benzene rings is 1. The highest BCUT2D eigenvalue weighted by molar-refractivity contribution is 5.64. The van der Waals surface area contributed by atoms with E-state index >= 15 is 0 Å². The van der Waals surface area contributed by atoms with E-state index in [1.165, 1.54) is 6.07 Å². The molecule has 0 amide bonds. The number of non-ortho nitro benzene ring substituents is 1. The lowest BCUT2D eigenvalue weighted by Gasteiger charge is -2.10. The molecule has 0 unspecified atom stereocenters. The molecule has 0 aliphatic rings. The van der Waals surface area contributed by atoms with Crippen LogP contribution in [0, 0.1) is 21.4 Å². The molecule has 1 aromatic rings. The molecule has 0 atom stereocenters. The zero-order valence-electron chi connectivity index (χ0n) is 7.58. The predicted octanol–water partition coefficient (Wildman–Crippen LogP) is 2.07. The van der Waals surface area contributed by atoms with Crippen molar-refractivity contribution in [2.45, 2.75) is 6.18 Å². The van der Waals surface area contributed by atoms with Gasteiger partial charge in [0.2, 0.25) is 0 Å². The van der Waals surface area contributed by atoms with Gasteiger partial charge in [-0.15, -0.1) is 0 Å². The van der Waals surface area contributed by atoms with Gasteiger partial charge in [0.1, 0.15) is 6.07 Å². The lowest BCUT2D eigenvalue weighted by molar-refractivity contribution is -0.385. The van der Waals surface area contributed by atoms with Gasteiger partial charge in [0, 0.05) is 12.1 Å². The maximum atomic E-state index is 12.4. The van der Waals surface area contributed by atoms with E-state index in [0.717, 1.165) is 0 Å². The van der Waals surface area contributed by atoms with Gasteiger partial charge in [0.25, 0.3) is 5.69 Å². The first-order valence-electron chi connectivity index (χ1n) is 3.82.